The van der Waals surface area contributed by atoms with Crippen LogP contribution in [-0.4, -0.2) is 35.1 Å². The topological polar surface area (TPSA) is 47.6 Å². The Labute approximate surface area is 149 Å². The minimum Gasteiger partial charge on any atom is -0.338 e. The van der Waals surface area contributed by atoms with E-state index in [0.29, 0.717) is 16.6 Å². The Balaban J connectivity index is 0.00000176. The molecule has 0 aromatic heterocycles. The molecule has 2 aromatic rings. The molecular formula is C16H15AgClN3O+. The first-order valence-electron chi connectivity index (χ1n) is 6.60. The van der Waals surface area contributed by atoms with Crippen molar-refractivity contribution in [3.8, 4) is 0 Å². The third kappa shape index (κ3) is 3.25. The van der Waals surface area contributed by atoms with Crippen molar-refractivity contribution in [1.82, 2.24) is 0 Å². The summed E-state index contributed by atoms with van der Waals surface area (Å²) in [5.41, 5.74) is 3.34. The van der Waals surface area contributed by atoms with Crippen LogP contribution in [0.2, 0.25) is 5.02 Å². The summed E-state index contributed by atoms with van der Waals surface area (Å²) in [7, 11) is 1.69. The van der Waals surface area contributed by atoms with Crippen LogP contribution in [0.25, 0.3) is 0 Å². The number of amidine groups is 1. The van der Waals surface area contributed by atoms with Crippen molar-refractivity contribution in [2.24, 2.45) is 4.99 Å². The number of nitrogens with zero attached hydrogens (tertiary/aromatic N) is 2. The third-order valence-electron chi connectivity index (χ3n) is 3.39. The molecule has 6 heteroatoms. The van der Waals surface area contributed by atoms with E-state index in [-0.39, 0.29) is 28.9 Å². The Morgan fingerprint density at radius 1 is 1.18 bits per heavy atom. The van der Waals surface area contributed by atoms with Gasteiger partial charge in [-0.1, -0.05) is 29.8 Å². The van der Waals surface area contributed by atoms with Gasteiger partial charge in [-0.2, -0.15) is 0 Å². The molecule has 0 fully saturated rings. The van der Waals surface area contributed by atoms with E-state index < -0.39 is 0 Å². The van der Waals surface area contributed by atoms with Gasteiger partial charge in [0, 0.05) is 34.5 Å². The van der Waals surface area contributed by atoms with Gasteiger partial charge in [0.15, 0.2) is 5.84 Å². The van der Waals surface area contributed by atoms with Gasteiger partial charge in [-0.25, -0.2) is 0 Å². The first-order chi connectivity index (χ1) is 10.2. The van der Waals surface area contributed by atoms with Gasteiger partial charge in [-0.3, -0.25) is 10.2 Å². The van der Waals surface area contributed by atoms with Crippen LogP contribution in [0.15, 0.2) is 53.5 Å². The minimum absolute atomic E-state index is 0. The van der Waals surface area contributed by atoms with E-state index in [4.69, 9.17) is 11.6 Å². The summed E-state index contributed by atoms with van der Waals surface area (Å²) in [4.78, 5) is 4.16. The van der Waals surface area contributed by atoms with E-state index in [2.05, 4.69) is 10.3 Å². The quantitative estimate of drug-likeness (QED) is 0.433. The molecule has 1 aliphatic rings. The predicted molar refractivity (Wildman–Crippen MR) is 85.0 cm³/mol. The molecule has 2 aromatic carbocycles. The van der Waals surface area contributed by atoms with Crippen molar-refractivity contribution in [3.05, 3.63) is 64.7 Å². The summed E-state index contributed by atoms with van der Waals surface area (Å²) in [5, 5.41) is 14.3. The van der Waals surface area contributed by atoms with Gasteiger partial charge in [0.2, 0.25) is 6.54 Å². The molecule has 0 spiro atoms. The second-order valence-electron chi connectivity index (χ2n) is 4.76. The number of nitrogens with one attached hydrogen (secondary N) is 1. The maximum Gasteiger partial charge on any atom is 0.267 e. The fourth-order valence-electron chi connectivity index (χ4n) is 2.40. The fraction of sp³-hybridized carbons (Fsp3) is 0.125. The number of benzodiazepines with no additional fused rings is 1. The number of hydrogen-bond donors (Lipinski definition) is 2. The standard InChI is InChI=1S/C16H14ClN3O.Ag/c1-18-15-10-20(21)16(11-5-3-2-4-6-11)13-9-12(17)7-8-14(13)19-15;/h2-9,21H,10H2,1H3;/p+1. The van der Waals surface area contributed by atoms with Crippen LogP contribution < -0.4 is 5.32 Å². The zero-order chi connectivity index (χ0) is 14.8. The van der Waals surface area contributed by atoms with E-state index in [9.17, 15) is 5.21 Å². The van der Waals surface area contributed by atoms with Gasteiger partial charge in [-0.05, 0) is 35.1 Å². The zero-order valence-corrected chi connectivity index (χ0v) is 14.1. The number of benzene rings is 2. The second-order valence-corrected chi connectivity index (χ2v) is 5.19. The van der Waals surface area contributed by atoms with Crippen molar-refractivity contribution < 1.29 is 32.3 Å². The van der Waals surface area contributed by atoms with E-state index in [1.165, 1.54) is 4.74 Å². The normalized spacial score (nSPS) is 15.6. The summed E-state index contributed by atoms with van der Waals surface area (Å²) >= 11 is 6.13. The molecule has 1 aliphatic heterocycles. The van der Waals surface area contributed by atoms with Crippen LogP contribution in [0, 0.1) is 0 Å². The first kappa shape index (κ1) is 16.8. The van der Waals surface area contributed by atoms with Crippen molar-refractivity contribution in [1.29, 1.82) is 0 Å². The second kappa shape index (κ2) is 7.11. The van der Waals surface area contributed by atoms with Crippen molar-refractivity contribution in [2.45, 2.75) is 0 Å². The van der Waals surface area contributed by atoms with E-state index in [0.717, 1.165) is 16.8 Å². The van der Waals surface area contributed by atoms with Crippen molar-refractivity contribution >= 4 is 28.8 Å². The number of halogens is 1. The molecule has 0 unspecified atom stereocenters. The molecule has 0 bridgehead atoms. The van der Waals surface area contributed by atoms with Crippen LogP contribution in [0.1, 0.15) is 11.1 Å². The minimum atomic E-state index is 0. The van der Waals surface area contributed by atoms with Crippen LogP contribution in [0.4, 0.5) is 5.69 Å². The molecule has 4 nitrogen and oxygen atoms in total. The molecule has 117 valence electrons. The summed E-state index contributed by atoms with van der Waals surface area (Å²) < 4.78 is 1.20. The smallest absolute Gasteiger partial charge is 0.267 e. The van der Waals surface area contributed by atoms with Crippen LogP contribution in [-0.2, 0) is 22.4 Å². The fourth-order valence-corrected chi connectivity index (χ4v) is 2.58. The van der Waals surface area contributed by atoms with Gasteiger partial charge in [-0.15, -0.1) is 0 Å². The zero-order valence-electron chi connectivity index (χ0n) is 11.8. The Bertz CT molecular complexity index is 744. The van der Waals surface area contributed by atoms with Gasteiger partial charge in [0.05, 0.1) is 16.8 Å². The van der Waals surface area contributed by atoms with Crippen LogP contribution in [0.3, 0.4) is 0 Å². The molecular weight excluding hydrogens is 394 g/mol. The molecule has 0 aliphatic carbocycles. The van der Waals surface area contributed by atoms with Crippen LogP contribution in [0.5, 0.6) is 0 Å². The van der Waals surface area contributed by atoms with Gasteiger partial charge < -0.3 is 5.32 Å². The first-order valence-corrected chi connectivity index (χ1v) is 6.98. The molecule has 3 rings (SSSR count). The van der Waals surface area contributed by atoms with E-state index in [1.54, 1.807) is 7.05 Å². The van der Waals surface area contributed by atoms with E-state index in [1.807, 2.05) is 48.5 Å². The molecule has 0 saturated carbocycles. The maximum absolute atomic E-state index is 10.5. The molecule has 22 heavy (non-hydrogen) atoms. The molecule has 0 atom stereocenters. The number of hydrogen-bond acceptors (Lipinski definition) is 2. The molecule has 1 heterocycles. The number of fused-ring (bicyclic) bond motifs is 1. The summed E-state index contributed by atoms with van der Waals surface area (Å²) in [6.07, 6.45) is 0. The molecule has 2 N–H and O–H groups in total. The van der Waals surface area contributed by atoms with Crippen molar-refractivity contribution in [2.75, 3.05) is 18.9 Å². The Kier molecular flexibility index (Phi) is 5.42. The Morgan fingerprint density at radius 3 is 2.59 bits per heavy atom. The maximum atomic E-state index is 10.5. The monoisotopic (exact) mass is 407 g/mol. The van der Waals surface area contributed by atoms with Gasteiger partial charge in [0.25, 0.3) is 5.71 Å². The largest absolute Gasteiger partial charge is 0.338 e. The molecule has 0 amide bonds. The van der Waals surface area contributed by atoms with Gasteiger partial charge >= 0.3 is 0 Å². The van der Waals surface area contributed by atoms with Crippen molar-refractivity contribution in [3.63, 3.8) is 0 Å². The number of aliphatic imine (C=N–C) groups is 1. The molecule has 1 radical (unpaired) electrons. The van der Waals surface area contributed by atoms with Crippen LogP contribution >= 0.6 is 11.6 Å². The Morgan fingerprint density at radius 2 is 1.91 bits per heavy atom. The average molecular weight is 409 g/mol. The summed E-state index contributed by atoms with van der Waals surface area (Å²) in [5.74, 6) is 0.687. The number of rotatable bonds is 1. The number of hydroxylamine groups is 1. The number of anilines is 1. The summed E-state index contributed by atoms with van der Waals surface area (Å²) in [6, 6.07) is 15.3. The average Bonchev–Trinajstić information content (AvgIpc) is 2.63. The molecule has 0 saturated heterocycles. The van der Waals surface area contributed by atoms with Gasteiger partial charge in [0.1, 0.15) is 0 Å². The van der Waals surface area contributed by atoms with E-state index >= 15 is 0 Å². The Hall–Kier alpha value is -1.59. The third-order valence-corrected chi connectivity index (χ3v) is 3.63. The SMILES string of the molecule is CN=C1C[N+](O)=C(c2ccccc2)c2cc(Cl)ccc2N1.[Ag]. The predicted octanol–water partition coefficient (Wildman–Crippen LogP) is 3.03. The summed E-state index contributed by atoms with van der Waals surface area (Å²) in [6.45, 7) is 0.285.